The number of hydrogen-bond donors (Lipinski definition) is 1. The molecular weight excluding hydrogens is 563 g/mol. The minimum atomic E-state index is -1.10. The average Bonchev–Trinajstić information content (AvgIpc) is 3.70. The number of nitrogens with one attached hydrogen (secondary N) is 1. The second-order valence-corrected chi connectivity index (χ2v) is 10.2. The van der Waals surface area contributed by atoms with Crippen LogP contribution in [0.1, 0.15) is 30.0 Å². The Morgan fingerprint density at radius 3 is 2.60 bits per heavy atom. The summed E-state index contributed by atoms with van der Waals surface area (Å²) in [5, 5.41) is 15.9. The Morgan fingerprint density at radius 1 is 1.14 bits per heavy atom. The minimum Gasteiger partial charge on any atom is -0.497 e. The van der Waals surface area contributed by atoms with Gasteiger partial charge in [-0.05, 0) is 71.6 Å². The van der Waals surface area contributed by atoms with E-state index in [4.69, 9.17) is 21.1 Å². The number of amides is 2. The first kappa shape index (κ1) is 29.2. The normalized spacial score (nSPS) is 15.3. The fraction of sp³-hybridized carbons (Fsp3) is 0.300. The second kappa shape index (κ2) is 13.5. The van der Waals surface area contributed by atoms with E-state index < -0.39 is 23.7 Å². The van der Waals surface area contributed by atoms with Gasteiger partial charge in [-0.1, -0.05) is 41.9 Å². The summed E-state index contributed by atoms with van der Waals surface area (Å²) in [6.45, 7) is 0.640. The van der Waals surface area contributed by atoms with Crippen LogP contribution >= 0.6 is 11.6 Å². The van der Waals surface area contributed by atoms with Crippen molar-refractivity contribution in [1.82, 2.24) is 30.4 Å². The summed E-state index contributed by atoms with van der Waals surface area (Å²) in [7, 11) is 1.57. The molecule has 1 aromatic heterocycles. The lowest BCUT2D eigenvalue weighted by atomic mass is 10.0. The van der Waals surface area contributed by atoms with Gasteiger partial charge in [-0.3, -0.25) is 9.59 Å². The van der Waals surface area contributed by atoms with Crippen LogP contribution < -0.4 is 10.1 Å². The Hall–Kier alpha value is -4.35. The summed E-state index contributed by atoms with van der Waals surface area (Å²) in [5.41, 5.74) is 1.77. The topological polar surface area (TPSA) is 111 Å². The molecule has 0 saturated carbocycles. The number of rotatable bonds is 11. The van der Waals surface area contributed by atoms with Crippen LogP contribution in [0.3, 0.4) is 0 Å². The van der Waals surface area contributed by atoms with Crippen molar-refractivity contribution in [2.75, 3.05) is 20.3 Å². The molecule has 10 nitrogen and oxygen atoms in total. The van der Waals surface area contributed by atoms with Crippen molar-refractivity contribution in [3.8, 4) is 17.1 Å². The Labute approximate surface area is 247 Å². The van der Waals surface area contributed by atoms with E-state index in [1.807, 2.05) is 0 Å². The number of hydrogen-bond acceptors (Lipinski definition) is 7. The smallest absolute Gasteiger partial charge is 0.247 e. The predicted molar refractivity (Wildman–Crippen MR) is 153 cm³/mol. The van der Waals surface area contributed by atoms with Crippen LogP contribution in [0, 0.1) is 5.82 Å². The number of halogens is 2. The van der Waals surface area contributed by atoms with Gasteiger partial charge in [0.2, 0.25) is 17.6 Å². The highest BCUT2D eigenvalue weighted by Gasteiger charge is 2.33. The molecule has 2 heterocycles. The molecule has 2 amide bonds. The largest absolute Gasteiger partial charge is 0.497 e. The lowest BCUT2D eigenvalue weighted by Crippen LogP contribution is -2.46. The van der Waals surface area contributed by atoms with E-state index in [0.29, 0.717) is 46.4 Å². The number of nitrogens with zero attached hydrogens (tertiary/aromatic N) is 5. The van der Waals surface area contributed by atoms with Crippen molar-refractivity contribution in [3.63, 3.8) is 0 Å². The van der Waals surface area contributed by atoms with E-state index in [9.17, 15) is 14.0 Å². The quantitative estimate of drug-likeness (QED) is 0.278. The van der Waals surface area contributed by atoms with Crippen LogP contribution in [-0.4, -0.2) is 63.3 Å². The third kappa shape index (κ3) is 7.10. The molecule has 4 aromatic rings. The summed E-state index contributed by atoms with van der Waals surface area (Å²) < 4.78 is 24.7. The zero-order valence-corrected chi connectivity index (χ0v) is 23.7. The number of carbonyl (C=O) groups is 2. The van der Waals surface area contributed by atoms with E-state index in [2.05, 4.69) is 20.7 Å². The van der Waals surface area contributed by atoms with Gasteiger partial charge in [-0.25, -0.2) is 4.39 Å². The molecule has 1 fully saturated rings. The van der Waals surface area contributed by atoms with Crippen molar-refractivity contribution in [3.05, 3.63) is 94.8 Å². The highest BCUT2D eigenvalue weighted by molar-refractivity contribution is 6.31. The first-order chi connectivity index (χ1) is 20.4. The molecule has 1 aliphatic heterocycles. The molecule has 0 bridgehead atoms. The molecule has 0 unspecified atom stereocenters. The standard InChI is InChI=1S/C30H30ClFN6O4/c1-41-24-14-10-21(11-15-24)29-34-36-38(35-29)19-27(39)37(18-22-5-2-3-7-26(22)31)28(20-8-12-23(32)13-9-20)30(40)33-17-25-6-4-16-42-25/h2-3,5,7-15,25,28H,4,6,16-19H2,1H3,(H,33,40)/t25-,28+/m1/s1. The van der Waals surface area contributed by atoms with Gasteiger partial charge in [0.25, 0.3) is 0 Å². The third-order valence-corrected chi connectivity index (χ3v) is 7.34. The maximum absolute atomic E-state index is 14.0. The van der Waals surface area contributed by atoms with Gasteiger partial charge in [-0.15, -0.1) is 10.2 Å². The Morgan fingerprint density at radius 2 is 1.90 bits per heavy atom. The number of carbonyl (C=O) groups excluding carboxylic acids is 2. The zero-order chi connectivity index (χ0) is 29.5. The fourth-order valence-corrected chi connectivity index (χ4v) is 4.94. The van der Waals surface area contributed by atoms with Crippen LogP contribution in [0.25, 0.3) is 11.4 Å². The van der Waals surface area contributed by atoms with E-state index >= 15 is 0 Å². The van der Waals surface area contributed by atoms with Crippen LogP contribution in [0.15, 0.2) is 72.8 Å². The van der Waals surface area contributed by atoms with Crippen LogP contribution in [-0.2, 0) is 27.4 Å². The highest BCUT2D eigenvalue weighted by Crippen LogP contribution is 2.27. The molecule has 1 N–H and O–H groups in total. The SMILES string of the molecule is COc1ccc(-c2nnn(CC(=O)N(Cc3ccccc3Cl)[C@H](C(=O)NC[C@H]3CCCO3)c3ccc(F)cc3)n2)cc1. The Kier molecular flexibility index (Phi) is 9.40. The number of tetrazole rings is 1. The summed E-state index contributed by atoms with van der Waals surface area (Å²) in [5.74, 6) is -0.342. The summed E-state index contributed by atoms with van der Waals surface area (Å²) in [6.07, 6.45) is 1.65. The van der Waals surface area contributed by atoms with Crippen LogP contribution in [0.5, 0.6) is 5.75 Å². The molecule has 0 aliphatic carbocycles. The molecule has 218 valence electrons. The van der Waals surface area contributed by atoms with Gasteiger partial charge in [-0.2, -0.15) is 4.80 Å². The maximum atomic E-state index is 14.0. The third-order valence-electron chi connectivity index (χ3n) is 6.97. The monoisotopic (exact) mass is 592 g/mol. The van der Waals surface area contributed by atoms with Crippen molar-refractivity contribution in [1.29, 1.82) is 0 Å². The molecule has 0 spiro atoms. The lowest BCUT2D eigenvalue weighted by molar-refractivity contribution is -0.142. The minimum absolute atomic E-state index is 0.00787. The average molecular weight is 593 g/mol. The van der Waals surface area contributed by atoms with E-state index in [0.717, 1.165) is 12.8 Å². The number of ether oxygens (including phenoxy) is 2. The number of benzene rings is 3. The van der Waals surface area contributed by atoms with Crippen molar-refractivity contribution in [2.24, 2.45) is 0 Å². The number of methoxy groups -OCH3 is 1. The Balaban J connectivity index is 1.45. The molecule has 12 heteroatoms. The van der Waals surface area contributed by atoms with Crippen molar-refractivity contribution < 1.29 is 23.5 Å². The van der Waals surface area contributed by atoms with Gasteiger partial charge < -0.3 is 19.7 Å². The van der Waals surface area contributed by atoms with Gasteiger partial charge in [0, 0.05) is 30.3 Å². The molecule has 1 aliphatic rings. The van der Waals surface area contributed by atoms with Gasteiger partial charge in [0.15, 0.2) is 0 Å². The molecule has 2 atom stereocenters. The second-order valence-electron chi connectivity index (χ2n) is 9.82. The van der Waals surface area contributed by atoms with Crippen LogP contribution in [0.2, 0.25) is 5.02 Å². The molecule has 1 saturated heterocycles. The van der Waals surface area contributed by atoms with Crippen LogP contribution in [0.4, 0.5) is 4.39 Å². The molecule has 0 radical (unpaired) electrons. The highest BCUT2D eigenvalue weighted by atomic mass is 35.5. The molecular formula is C30H30ClFN6O4. The van der Waals surface area contributed by atoms with Gasteiger partial charge in [0.05, 0.1) is 13.2 Å². The first-order valence-electron chi connectivity index (χ1n) is 13.5. The molecule has 3 aromatic carbocycles. The van der Waals surface area contributed by atoms with E-state index in [1.165, 1.54) is 34.0 Å². The van der Waals surface area contributed by atoms with Crippen molar-refractivity contribution >= 4 is 23.4 Å². The zero-order valence-electron chi connectivity index (χ0n) is 23.0. The van der Waals surface area contributed by atoms with Gasteiger partial charge >= 0.3 is 0 Å². The fourth-order valence-electron chi connectivity index (χ4n) is 4.75. The van der Waals surface area contributed by atoms with E-state index in [1.54, 1.807) is 55.6 Å². The summed E-state index contributed by atoms with van der Waals surface area (Å²) in [6, 6.07) is 18.6. The lowest BCUT2D eigenvalue weighted by Gasteiger charge is -2.32. The molecule has 42 heavy (non-hydrogen) atoms. The number of aromatic nitrogens is 4. The summed E-state index contributed by atoms with van der Waals surface area (Å²) >= 11 is 6.47. The maximum Gasteiger partial charge on any atom is 0.247 e. The molecule has 5 rings (SSSR count). The van der Waals surface area contributed by atoms with E-state index in [-0.39, 0.29) is 19.2 Å². The predicted octanol–water partition coefficient (Wildman–Crippen LogP) is 4.21. The van der Waals surface area contributed by atoms with Gasteiger partial charge in [0.1, 0.15) is 24.2 Å². The Bertz CT molecular complexity index is 1510. The first-order valence-corrected chi connectivity index (χ1v) is 13.9. The summed E-state index contributed by atoms with van der Waals surface area (Å²) in [4.78, 5) is 30.3. The van der Waals surface area contributed by atoms with Crippen molar-refractivity contribution in [2.45, 2.75) is 38.1 Å².